The van der Waals surface area contributed by atoms with E-state index in [0.717, 1.165) is 0 Å². The van der Waals surface area contributed by atoms with Gasteiger partial charge in [0, 0.05) is 43.4 Å². The largest absolute Gasteiger partial charge is 0.462 e. The Kier molecular flexibility index (Phi) is 6.18. The summed E-state index contributed by atoms with van der Waals surface area (Å²) in [4.78, 5) is 36.4. The molecule has 9 nitrogen and oxygen atoms in total. The summed E-state index contributed by atoms with van der Waals surface area (Å²) in [6.07, 6.45) is -5.06. The molecule has 9 heteroatoms. The number of carbonyl (C=O) groups excluding carboxylic acids is 3. The Morgan fingerprint density at radius 1 is 0.857 bits per heavy atom. The molecule has 4 aliphatic rings. The van der Waals surface area contributed by atoms with Crippen LogP contribution in [0.1, 0.15) is 60.8 Å². The molecule has 196 valence electrons. The van der Waals surface area contributed by atoms with Gasteiger partial charge in [0.25, 0.3) is 0 Å². The third-order valence-corrected chi connectivity index (χ3v) is 9.49. The SMILES string of the molecule is C=C1C2CC(OC(C)=O)C3C4(C)CC(O)C(OC(C)=O)C(C)(C)C4C(O)C(OC(C)=O)C3(C2)C1O. The monoisotopic (exact) mass is 494 g/mol. The van der Waals surface area contributed by atoms with E-state index in [1.165, 1.54) is 20.8 Å². The Balaban J connectivity index is 1.95. The van der Waals surface area contributed by atoms with E-state index in [4.69, 9.17) is 14.2 Å². The van der Waals surface area contributed by atoms with Crippen LogP contribution in [0.2, 0.25) is 0 Å². The summed E-state index contributed by atoms with van der Waals surface area (Å²) in [6.45, 7) is 13.5. The van der Waals surface area contributed by atoms with Crippen molar-refractivity contribution in [2.24, 2.45) is 34.0 Å². The Morgan fingerprint density at radius 2 is 1.40 bits per heavy atom. The maximum absolute atomic E-state index is 12.3. The second kappa shape index (κ2) is 8.28. The molecule has 4 saturated carbocycles. The van der Waals surface area contributed by atoms with E-state index in [0.29, 0.717) is 18.4 Å². The zero-order chi connectivity index (χ0) is 26.2. The smallest absolute Gasteiger partial charge is 0.303 e. The lowest BCUT2D eigenvalue weighted by Gasteiger charge is -2.69. The second-order valence-corrected chi connectivity index (χ2v) is 12.0. The average molecular weight is 495 g/mol. The lowest BCUT2D eigenvalue weighted by Crippen LogP contribution is -2.75. The molecule has 4 rings (SSSR count). The number of hydrogen-bond donors (Lipinski definition) is 3. The van der Waals surface area contributed by atoms with Gasteiger partial charge in [-0.25, -0.2) is 0 Å². The number of esters is 3. The Labute approximate surface area is 205 Å². The summed E-state index contributed by atoms with van der Waals surface area (Å²) in [5.41, 5.74) is -2.40. The highest BCUT2D eigenvalue weighted by Gasteiger charge is 2.78. The predicted octanol–water partition coefficient (Wildman–Crippen LogP) is 1.51. The van der Waals surface area contributed by atoms with Crippen LogP contribution < -0.4 is 0 Å². The zero-order valence-corrected chi connectivity index (χ0v) is 21.3. The van der Waals surface area contributed by atoms with Crippen LogP contribution in [0.5, 0.6) is 0 Å². The van der Waals surface area contributed by atoms with Gasteiger partial charge in [-0.15, -0.1) is 0 Å². The summed E-state index contributed by atoms with van der Waals surface area (Å²) >= 11 is 0. The minimum atomic E-state index is -1.24. The van der Waals surface area contributed by atoms with Crippen molar-refractivity contribution < 1.29 is 43.9 Å². The van der Waals surface area contributed by atoms with Gasteiger partial charge in [-0.2, -0.15) is 0 Å². The molecule has 0 amide bonds. The third-order valence-electron chi connectivity index (χ3n) is 9.49. The molecular formula is C26H38O9. The number of aliphatic hydroxyl groups excluding tert-OH is 3. The molecule has 0 aromatic carbocycles. The Hall–Kier alpha value is -1.97. The number of ether oxygens (including phenoxy) is 3. The molecule has 35 heavy (non-hydrogen) atoms. The summed E-state index contributed by atoms with van der Waals surface area (Å²) in [5.74, 6) is -2.99. The van der Waals surface area contributed by atoms with E-state index in [1.54, 1.807) is 0 Å². The normalized spacial score (nSPS) is 47.8. The Bertz CT molecular complexity index is 943. The molecule has 0 radical (unpaired) electrons. The average Bonchev–Trinajstić information content (AvgIpc) is 2.88. The van der Waals surface area contributed by atoms with Gasteiger partial charge in [0.15, 0.2) is 0 Å². The summed E-state index contributed by atoms with van der Waals surface area (Å²) in [7, 11) is 0. The topological polar surface area (TPSA) is 140 Å². The lowest BCUT2D eigenvalue weighted by molar-refractivity contribution is -0.313. The molecule has 4 aliphatic carbocycles. The van der Waals surface area contributed by atoms with Crippen LogP contribution in [-0.2, 0) is 28.6 Å². The highest BCUT2D eigenvalue weighted by Crippen LogP contribution is 2.73. The van der Waals surface area contributed by atoms with Crippen LogP contribution in [0.15, 0.2) is 12.2 Å². The summed E-state index contributed by atoms with van der Waals surface area (Å²) < 4.78 is 17.2. The van der Waals surface area contributed by atoms with Crippen LogP contribution in [-0.4, -0.2) is 69.9 Å². The van der Waals surface area contributed by atoms with Gasteiger partial charge in [0.1, 0.15) is 18.3 Å². The molecule has 2 bridgehead atoms. The molecule has 4 fully saturated rings. The van der Waals surface area contributed by atoms with Crippen LogP contribution in [0, 0.1) is 34.0 Å². The Morgan fingerprint density at radius 3 is 1.94 bits per heavy atom. The fourth-order valence-corrected chi connectivity index (χ4v) is 8.97. The van der Waals surface area contributed by atoms with Crippen LogP contribution in [0.3, 0.4) is 0 Å². The van der Waals surface area contributed by atoms with Gasteiger partial charge in [-0.3, -0.25) is 14.4 Å². The molecule has 11 unspecified atom stereocenters. The van der Waals surface area contributed by atoms with E-state index in [-0.39, 0.29) is 12.3 Å². The standard InChI is InChI=1S/C26H38O9/c1-11-15-8-17(33-12(2)27)19-25(7)10-16(30)22(34-13(3)28)24(5,6)20(25)18(31)23(35-14(4)29)26(19,9-15)21(11)32/h15-23,30-32H,1,8-10H2,2-7H3. The second-order valence-electron chi connectivity index (χ2n) is 12.0. The van der Waals surface area contributed by atoms with Crippen LogP contribution in [0.4, 0.5) is 0 Å². The van der Waals surface area contributed by atoms with Crippen molar-refractivity contribution in [3.63, 3.8) is 0 Å². The van der Waals surface area contributed by atoms with Crippen molar-refractivity contribution in [3.05, 3.63) is 12.2 Å². The summed E-state index contributed by atoms with van der Waals surface area (Å²) in [6, 6.07) is 0. The number of aliphatic hydroxyl groups is 3. The first-order valence-corrected chi connectivity index (χ1v) is 12.3. The van der Waals surface area contributed by atoms with Crippen molar-refractivity contribution in [2.75, 3.05) is 0 Å². The van der Waals surface area contributed by atoms with Gasteiger partial charge >= 0.3 is 17.9 Å². The van der Waals surface area contributed by atoms with Crippen molar-refractivity contribution >= 4 is 17.9 Å². The molecule has 3 N–H and O–H groups in total. The quantitative estimate of drug-likeness (QED) is 0.303. The molecule has 0 heterocycles. The maximum Gasteiger partial charge on any atom is 0.303 e. The van der Waals surface area contributed by atoms with E-state index >= 15 is 0 Å². The first-order chi connectivity index (χ1) is 16.1. The first kappa shape index (κ1) is 26.1. The van der Waals surface area contributed by atoms with Gasteiger partial charge in [0.05, 0.1) is 18.3 Å². The molecule has 0 aromatic heterocycles. The lowest BCUT2D eigenvalue weighted by atomic mass is 9.38. The molecular weight excluding hydrogens is 456 g/mol. The minimum absolute atomic E-state index is 0.136. The fraction of sp³-hybridized carbons (Fsp3) is 0.808. The predicted molar refractivity (Wildman–Crippen MR) is 122 cm³/mol. The van der Waals surface area contributed by atoms with Crippen LogP contribution in [0.25, 0.3) is 0 Å². The van der Waals surface area contributed by atoms with Gasteiger partial charge in [0.2, 0.25) is 0 Å². The summed E-state index contributed by atoms with van der Waals surface area (Å²) in [5, 5.41) is 34.8. The van der Waals surface area contributed by atoms with E-state index in [9.17, 15) is 29.7 Å². The number of carbonyl (C=O) groups is 3. The fourth-order valence-electron chi connectivity index (χ4n) is 8.97. The van der Waals surface area contributed by atoms with Gasteiger partial charge < -0.3 is 29.5 Å². The molecule has 0 aliphatic heterocycles. The van der Waals surface area contributed by atoms with E-state index < -0.39 is 82.6 Å². The maximum atomic E-state index is 12.3. The minimum Gasteiger partial charge on any atom is -0.462 e. The molecule has 0 saturated heterocycles. The van der Waals surface area contributed by atoms with Crippen molar-refractivity contribution in [1.82, 2.24) is 0 Å². The first-order valence-electron chi connectivity index (χ1n) is 12.3. The highest BCUT2D eigenvalue weighted by molar-refractivity contribution is 5.67. The van der Waals surface area contributed by atoms with Crippen molar-refractivity contribution in [3.8, 4) is 0 Å². The molecule has 11 atom stereocenters. The number of hydrogen-bond acceptors (Lipinski definition) is 9. The number of rotatable bonds is 3. The van der Waals surface area contributed by atoms with Crippen molar-refractivity contribution in [1.29, 1.82) is 0 Å². The number of fused-ring (bicyclic) bond motifs is 3. The van der Waals surface area contributed by atoms with Crippen LogP contribution >= 0.6 is 0 Å². The van der Waals surface area contributed by atoms with Gasteiger partial charge in [-0.05, 0) is 36.2 Å². The molecule has 0 aromatic rings. The third kappa shape index (κ3) is 3.56. The zero-order valence-electron chi connectivity index (χ0n) is 21.3. The van der Waals surface area contributed by atoms with E-state index in [2.05, 4.69) is 6.58 Å². The van der Waals surface area contributed by atoms with E-state index in [1.807, 2.05) is 20.8 Å². The molecule has 1 spiro atoms. The van der Waals surface area contributed by atoms with Gasteiger partial charge in [-0.1, -0.05) is 27.4 Å². The highest BCUT2D eigenvalue weighted by atomic mass is 16.6. The van der Waals surface area contributed by atoms with Crippen molar-refractivity contribution in [2.45, 2.75) is 97.4 Å².